The second kappa shape index (κ2) is 5.70. The van der Waals surface area contributed by atoms with Gasteiger partial charge in [0, 0.05) is 34.2 Å². The van der Waals surface area contributed by atoms with E-state index in [0.29, 0.717) is 27.8 Å². The van der Waals surface area contributed by atoms with Crippen molar-refractivity contribution in [2.45, 2.75) is 0 Å². The number of fused-ring (bicyclic) bond motifs is 2. The molecule has 0 spiro atoms. The van der Waals surface area contributed by atoms with Crippen molar-refractivity contribution in [3.8, 4) is 45.4 Å². The number of ether oxygens (including phenoxy) is 1. The predicted molar refractivity (Wildman–Crippen MR) is 96.1 cm³/mol. The van der Waals surface area contributed by atoms with E-state index < -0.39 is 11.2 Å². The highest BCUT2D eigenvalue weighted by Gasteiger charge is 2.22. The lowest BCUT2D eigenvalue weighted by Crippen LogP contribution is -2.02. The van der Waals surface area contributed by atoms with Crippen LogP contribution in [0.5, 0.6) is 23.0 Å². The quantitative estimate of drug-likeness (QED) is 0.377. The van der Waals surface area contributed by atoms with Gasteiger partial charge < -0.3 is 24.5 Å². The molecule has 0 saturated carbocycles. The second-order valence-electron chi connectivity index (χ2n) is 5.83. The summed E-state index contributed by atoms with van der Waals surface area (Å²) in [5.74, 6) is -0.252. The second-order valence-corrected chi connectivity index (χ2v) is 5.83. The highest BCUT2D eigenvalue weighted by Crippen LogP contribution is 2.46. The van der Waals surface area contributed by atoms with E-state index in [1.54, 1.807) is 6.07 Å². The first kappa shape index (κ1) is 15.8. The molecule has 6 nitrogen and oxygen atoms in total. The minimum Gasteiger partial charge on any atom is -0.504 e. The van der Waals surface area contributed by atoms with Gasteiger partial charge in [0.25, 0.3) is 0 Å². The lowest BCUT2D eigenvalue weighted by molar-refractivity contribution is 0.403. The third-order valence-corrected chi connectivity index (χ3v) is 4.27. The SMILES string of the molecule is COc1ccccc1-c1c2cc(O)c(=O)cc-2oc2cc(O)c(O)cc12. The van der Waals surface area contributed by atoms with Crippen LogP contribution in [0.3, 0.4) is 0 Å². The number of rotatable bonds is 2. The number of methoxy groups -OCH3 is 1. The van der Waals surface area contributed by atoms with Gasteiger partial charge in [-0.3, -0.25) is 4.79 Å². The van der Waals surface area contributed by atoms with Crippen molar-refractivity contribution < 1.29 is 24.5 Å². The summed E-state index contributed by atoms with van der Waals surface area (Å²) < 4.78 is 11.2. The maximum absolute atomic E-state index is 11.8. The van der Waals surface area contributed by atoms with Gasteiger partial charge in [-0.15, -0.1) is 0 Å². The van der Waals surface area contributed by atoms with Crippen LogP contribution in [0.2, 0.25) is 0 Å². The van der Waals surface area contributed by atoms with Gasteiger partial charge in [0.05, 0.1) is 7.11 Å². The van der Waals surface area contributed by atoms with Gasteiger partial charge >= 0.3 is 0 Å². The van der Waals surface area contributed by atoms with Crippen molar-refractivity contribution in [1.29, 1.82) is 0 Å². The maximum Gasteiger partial charge on any atom is 0.223 e. The average molecular weight is 350 g/mol. The molecule has 0 fully saturated rings. The molecule has 6 heteroatoms. The van der Waals surface area contributed by atoms with Crippen molar-refractivity contribution in [2.75, 3.05) is 7.11 Å². The minimum absolute atomic E-state index is 0.242. The zero-order valence-electron chi connectivity index (χ0n) is 13.7. The Labute approximate surface area is 147 Å². The van der Waals surface area contributed by atoms with Crippen LogP contribution >= 0.6 is 0 Å². The fraction of sp³-hybridized carbons (Fsp3) is 0.0500. The summed E-state index contributed by atoms with van der Waals surface area (Å²) >= 11 is 0. The molecule has 26 heavy (non-hydrogen) atoms. The van der Waals surface area contributed by atoms with Crippen LogP contribution in [-0.4, -0.2) is 22.4 Å². The first-order valence-corrected chi connectivity index (χ1v) is 7.78. The number of benzene rings is 3. The van der Waals surface area contributed by atoms with Gasteiger partial charge in [0.15, 0.2) is 17.2 Å². The third-order valence-electron chi connectivity index (χ3n) is 4.27. The van der Waals surface area contributed by atoms with Crippen LogP contribution in [0.4, 0.5) is 0 Å². The molecule has 2 aliphatic rings. The normalized spacial score (nSPS) is 11.1. The topological polar surface area (TPSA) is 100 Å². The molecule has 4 rings (SSSR count). The van der Waals surface area contributed by atoms with E-state index >= 15 is 0 Å². The van der Waals surface area contributed by atoms with Crippen molar-refractivity contribution in [2.24, 2.45) is 0 Å². The van der Waals surface area contributed by atoms with Crippen molar-refractivity contribution >= 4 is 11.0 Å². The van der Waals surface area contributed by atoms with Gasteiger partial charge in [-0.2, -0.15) is 0 Å². The molecule has 2 aromatic carbocycles. The Hall–Kier alpha value is -3.67. The Balaban J connectivity index is 2.25. The Morgan fingerprint density at radius 2 is 1.62 bits per heavy atom. The van der Waals surface area contributed by atoms with E-state index in [0.717, 1.165) is 0 Å². The average Bonchev–Trinajstić information content (AvgIpc) is 2.63. The first-order valence-electron chi connectivity index (χ1n) is 7.78. The van der Waals surface area contributed by atoms with Gasteiger partial charge in [-0.05, 0) is 18.2 Å². The van der Waals surface area contributed by atoms with Gasteiger partial charge in [-0.1, -0.05) is 18.2 Å². The maximum atomic E-state index is 11.8. The van der Waals surface area contributed by atoms with Crippen LogP contribution in [0.1, 0.15) is 0 Å². The summed E-state index contributed by atoms with van der Waals surface area (Å²) in [7, 11) is 1.53. The Morgan fingerprint density at radius 1 is 0.885 bits per heavy atom. The molecule has 130 valence electrons. The summed E-state index contributed by atoms with van der Waals surface area (Å²) in [5, 5.41) is 30.2. The molecule has 0 radical (unpaired) electrons. The number of para-hydroxylation sites is 1. The smallest absolute Gasteiger partial charge is 0.223 e. The molecular formula is C20H14O6. The van der Waals surface area contributed by atoms with Gasteiger partial charge in [-0.25, -0.2) is 0 Å². The Kier molecular flexibility index (Phi) is 3.47. The monoisotopic (exact) mass is 350 g/mol. The number of phenols is 3. The number of hydrogen-bond acceptors (Lipinski definition) is 6. The predicted octanol–water partition coefficient (Wildman–Crippen LogP) is 3.69. The largest absolute Gasteiger partial charge is 0.504 e. The molecule has 3 N–H and O–H groups in total. The molecule has 1 aliphatic carbocycles. The van der Waals surface area contributed by atoms with Gasteiger partial charge in [0.1, 0.15) is 17.1 Å². The molecule has 0 bridgehead atoms. The zero-order valence-corrected chi connectivity index (χ0v) is 13.7. The summed E-state index contributed by atoms with van der Waals surface area (Å²) in [6.45, 7) is 0. The third kappa shape index (κ3) is 2.31. The number of aromatic hydroxyl groups is 3. The van der Waals surface area contributed by atoms with E-state index in [9.17, 15) is 20.1 Å². The molecular weight excluding hydrogens is 336 g/mol. The summed E-state index contributed by atoms with van der Waals surface area (Å²) in [5.41, 5.74) is 1.46. The standard InChI is InChI=1S/C20H14O6/c1-25-17-5-3-2-4-10(17)20-11-6-13(21)15(23)8-18(11)26-19-9-16(24)14(22)7-12(19)20/h2-9,21-23H,1H3. The molecule has 1 heterocycles. The Bertz CT molecular complexity index is 1170. The van der Waals surface area contributed by atoms with Crippen molar-refractivity contribution in [3.05, 3.63) is 58.8 Å². The van der Waals surface area contributed by atoms with Crippen molar-refractivity contribution in [3.63, 3.8) is 0 Å². The number of hydrogen-bond donors (Lipinski definition) is 3. The lowest BCUT2D eigenvalue weighted by Gasteiger charge is -2.17. The molecule has 0 saturated heterocycles. The molecule has 0 aromatic heterocycles. The summed E-state index contributed by atoms with van der Waals surface area (Å²) in [4.78, 5) is 11.8. The van der Waals surface area contributed by atoms with E-state index in [4.69, 9.17) is 9.15 Å². The minimum atomic E-state index is -0.574. The van der Waals surface area contributed by atoms with Crippen LogP contribution in [0, 0.1) is 0 Å². The zero-order chi connectivity index (χ0) is 18.4. The highest BCUT2D eigenvalue weighted by atomic mass is 16.5. The fourth-order valence-electron chi connectivity index (χ4n) is 3.07. The molecule has 0 amide bonds. The highest BCUT2D eigenvalue weighted by molar-refractivity contribution is 6.04. The van der Waals surface area contributed by atoms with Crippen LogP contribution in [0.25, 0.3) is 33.4 Å². The molecule has 0 atom stereocenters. The van der Waals surface area contributed by atoms with Crippen LogP contribution in [-0.2, 0) is 0 Å². The summed E-state index contributed by atoms with van der Waals surface area (Å²) in [6, 6.07) is 12.4. The number of phenolic OH excluding ortho intramolecular Hbond substituents is 3. The van der Waals surface area contributed by atoms with Crippen molar-refractivity contribution in [1.82, 2.24) is 0 Å². The summed E-state index contributed by atoms with van der Waals surface area (Å²) in [6.07, 6.45) is 0. The fourth-order valence-corrected chi connectivity index (χ4v) is 3.07. The molecule has 0 unspecified atom stereocenters. The Morgan fingerprint density at radius 3 is 2.38 bits per heavy atom. The van der Waals surface area contributed by atoms with E-state index in [1.165, 1.54) is 31.4 Å². The van der Waals surface area contributed by atoms with Crippen LogP contribution < -0.4 is 10.2 Å². The van der Waals surface area contributed by atoms with E-state index in [-0.39, 0.29) is 22.8 Å². The molecule has 2 aromatic rings. The molecule has 1 aliphatic heterocycles. The first-order chi connectivity index (χ1) is 12.5. The van der Waals surface area contributed by atoms with Crippen LogP contribution in [0.15, 0.2) is 57.7 Å². The van der Waals surface area contributed by atoms with Gasteiger partial charge in [0.2, 0.25) is 5.43 Å². The lowest BCUT2D eigenvalue weighted by atomic mass is 9.92. The van der Waals surface area contributed by atoms with E-state index in [2.05, 4.69) is 0 Å². The van der Waals surface area contributed by atoms with E-state index in [1.807, 2.05) is 18.2 Å².